The van der Waals surface area contributed by atoms with E-state index in [1.807, 2.05) is 4.90 Å². The third-order valence-corrected chi connectivity index (χ3v) is 6.97. The van der Waals surface area contributed by atoms with Crippen LogP contribution < -0.4 is 9.47 Å². The van der Waals surface area contributed by atoms with Gasteiger partial charge in [0.2, 0.25) is 11.1 Å². The van der Waals surface area contributed by atoms with Crippen LogP contribution in [0.5, 0.6) is 11.5 Å². The second-order valence-corrected chi connectivity index (χ2v) is 9.64. The first-order valence-electron chi connectivity index (χ1n) is 11.7. The number of thioether (sulfide) groups is 1. The summed E-state index contributed by atoms with van der Waals surface area (Å²) in [5.74, 6) is -0.0712. The van der Waals surface area contributed by atoms with Crippen molar-refractivity contribution in [3.05, 3.63) is 65.0 Å². The zero-order valence-electron chi connectivity index (χ0n) is 20.1. The van der Waals surface area contributed by atoms with Gasteiger partial charge in [0.25, 0.3) is 5.91 Å². The summed E-state index contributed by atoms with van der Waals surface area (Å²) in [6, 6.07) is 11.1. The average Bonchev–Trinajstić information content (AvgIpc) is 3.57. The highest BCUT2D eigenvalue weighted by atomic mass is 32.2. The fourth-order valence-electron chi connectivity index (χ4n) is 4.11. The SMILES string of the molecule is COc1cc(C=C2C(=N)N3N=C(CC(=O)N4CCCC4)SC3=NC2=O)ccc1OCc1ccc(F)cc1. The molecule has 0 spiro atoms. The predicted molar refractivity (Wildman–Crippen MR) is 139 cm³/mol. The molecular weight excluding hydrogens is 497 g/mol. The molecule has 3 aliphatic rings. The number of nitrogens with one attached hydrogen (secondary N) is 1. The molecule has 190 valence electrons. The Bertz CT molecular complexity index is 1350. The predicted octanol–water partition coefficient (Wildman–Crippen LogP) is 4.04. The van der Waals surface area contributed by atoms with Crippen molar-refractivity contribution < 1.29 is 23.5 Å². The maximum atomic E-state index is 13.1. The highest BCUT2D eigenvalue weighted by Gasteiger charge is 2.36. The van der Waals surface area contributed by atoms with Crippen LogP contribution in [0.25, 0.3) is 6.08 Å². The van der Waals surface area contributed by atoms with Crippen LogP contribution in [0, 0.1) is 11.2 Å². The minimum absolute atomic E-state index is 0.00773. The minimum atomic E-state index is -0.554. The molecule has 37 heavy (non-hydrogen) atoms. The van der Waals surface area contributed by atoms with Gasteiger partial charge in [-0.15, -0.1) is 0 Å². The number of fused-ring (bicyclic) bond motifs is 1. The van der Waals surface area contributed by atoms with Crippen LogP contribution in [-0.2, 0) is 16.2 Å². The number of nitrogens with zero attached hydrogens (tertiary/aromatic N) is 4. The number of hydrogen-bond acceptors (Lipinski definition) is 7. The maximum Gasteiger partial charge on any atom is 0.283 e. The Morgan fingerprint density at radius 3 is 2.65 bits per heavy atom. The lowest BCUT2D eigenvalue weighted by Gasteiger charge is -2.20. The Hall–Kier alpha value is -3.99. The summed E-state index contributed by atoms with van der Waals surface area (Å²) in [5, 5.41) is 15.0. The van der Waals surface area contributed by atoms with Crippen LogP contribution in [0.1, 0.15) is 30.4 Å². The van der Waals surface area contributed by atoms with Gasteiger partial charge in [-0.1, -0.05) is 18.2 Å². The molecule has 3 heterocycles. The second kappa shape index (κ2) is 10.6. The molecule has 0 saturated carbocycles. The number of hydrazone groups is 1. The van der Waals surface area contributed by atoms with E-state index in [0.717, 1.165) is 43.3 Å². The molecule has 9 nitrogen and oxygen atoms in total. The molecule has 0 aliphatic carbocycles. The van der Waals surface area contributed by atoms with Crippen LogP contribution in [0.4, 0.5) is 4.39 Å². The van der Waals surface area contributed by atoms with Gasteiger partial charge in [-0.2, -0.15) is 15.1 Å². The summed E-state index contributed by atoms with van der Waals surface area (Å²) >= 11 is 1.14. The number of carbonyl (C=O) groups excluding carboxylic acids is 2. The van der Waals surface area contributed by atoms with Gasteiger partial charge >= 0.3 is 0 Å². The number of ether oxygens (including phenoxy) is 2. The number of halogens is 1. The van der Waals surface area contributed by atoms with E-state index in [1.165, 1.54) is 24.3 Å². The summed E-state index contributed by atoms with van der Waals surface area (Å²) in [4.78, 5) is 31.1. The molecule has 0 bridgehead atoms. The van der Waals surface area contributed by atoms with Gasteiger partial charge < -0.3 is 14.4 Å². The van der Waals surface area contributed by atoms with Crippen LogP contribution in [0.2, 0.25) is 0 Å². The van der Waals surface area contributed by atoms with Crippen molar-refractivity contribution in [1.82, 2.24) is 9.91 Å². The quantitative estimate of drug-likeness (QED) is 0.551. The first-order valence-corrected chi connectivity index (χ1v) is 12.5. The van der Waals surface area contributed by atoms with Gasteiger partial charge in [0.15, 0.2) is 17.3 Å². The number of carbonyl (C=O) groups is 2. The number of hydrogen-bond donors (Lipinski definition) is 1. The molecule has 2 amide bonds. The maximum absolute atomic E-state index is 13.1. The fourth-order valence-corrected chi connectivity index (χ4v) is 4.99. The number of rotatable bonds is 7. The Balaban J connectivity index is 1.30. The smallest absolute Gasteiger partial charge is 0.283 e. The summed E-state index contributed by atoms with van der Waals surface area (Å²) in [5.41, 5.74) is 1.48. The third-order valence-electron chi connectivity index (χ3n) is 6.06. The molecule has 0 radical (unpaired) electrons. The molecule has 3 aliphatic heterocycles. The lowest BCUT2D eigenvalue weighted by Crippen LogP contribution is -2.35. The van der Waals surface area contributed by atoms with E-state index in [-0.39, 0.29) is 41.3 Å². The highest BCUT2D eigenvalue weighted by molar-refractivity contribution is 8.27. The molecule has 11 heteroatoms. The van der Waals surface area contributed by atoms with Crippen LogP contribution in [-0.4, -0.2) is 58.0 Å². The zero-order chi connectivity index (χ0) is 25.9. The first-order chi connectivity index (χ1) is 17.9. The minimum Gasteiger partial charge on any atom is -0.493 e. The van der Waals surface area contributed by atoms with Gasteiger partial charge in [-0.05, 0) is 66.1 Å². The molecular formula is C26H24FN5O4S. The topological polar surface area (TPSA) is 108 Å². The molecule has 2 aromatic rings. The number of benzene rings is 2. The van der Waals surface area contributed by atoms with Crippen LogP contribution >= 0.6 is 11.8 Å². The first kappa shape index (κ1) is 24.7. The summed E-state index contributed by atoms with van der Waals surface area (Å²) in [7, 11) is 1.50. The molecule has 0 aromatic heterocycles. The largest absolute Gasteiger partial charge is 0.493 e. The molecule has 0 unspecified atom stereocenters. The Morgan fingerprint density at radius 2 is 1.92 bits per heavy atom. The number of methoxy groups -OCH3 is 1. The number of likely N-dealkylation sites (tertiary alicyclic amines) is 1. The average molecular weight is 522 g/mol. The van der Waals surface area contributed by atoms with Crippen molar-refractivity contribution in [3.8, 4) is 11.5 Å². The molecule has 5 rings (SSSR count). The summed E-state index contributed by atoms with van der Waals surface area (Å²) in [6.45, 7) is 1.73. The van der Waals surface area contributed by atoms with E-state index in [2.05, 4.69) is 10.1 Å². The van der Waals surface area contributed by atoms with E-state index in [9.17, 15) is 14.0 Å². The fraction of sp³-hybridized carbons (Fsp3) is 0.269. The molecule has 1 fully saturated rings. The van der Waals surface area contributed by atoms with E-state index < -0.39 is 5.91 Å². The van der Waals surface area contributed by atoms with E-state index >= 15 is 0 Å². The van der Waals surface area contributed by atoms with Crippen molar-refractivity contribution >= 4 is 45.7 Å². The van der Waals surface area contributed by atoms with Crippen molar-refractivity contribution in [1.29, 1.82) is 5.41 Å². The summed E-state index contributed by atoms with van der Waals surface area (Å²) < 4.78 is 24.4. The van der Waals surface area contributed by atoms with Crippen molar-refractivity contribution in [2.75, 3.05) is 20.2 Å². The van der Waals surface area contributed by atoms with Crippen molar-refractivity contribution in [2.24, 2.45) is 10.1 Å². The highest BCUT2D eigenvalue weighted by Crippen LogP contribution is 2.32. The van der Waals surface area contributed by atoms with Gasteiger partial charge in [-0.25, -0.2) is 4.39 Å². The molecule has 0 atom stereocenters. The van der Waals surface area contributed by atoms with Gasteiger partial charge in [-0.3, -0.25) is 15.0 Å². The normalized spacial score (nSPS) is 18.2. The Morgan fingerprint density at radius 1 is 1.16 bits per heavy atom. The van der Waals surface area contributed by atoms with E-state index in [0.29, 0.717) is 22.1 Å². The van der Waals surface area contributed by atoms with Gasteiger partial charge in [0, 0.05) is 13.1 Å². The van der Waals surface area contributed by atoms with E-state index in [1.54, 1.807) is 36.4 Å². The molecule has 1 N–H and O–H groups in total. The number of amides is 2. The van der Waals surface area contributed by atoms with Crippen molar-refractivity contribution in [2.45, 2.75) is 25.9 Å². The van der Waals surface area contributed by atoms with Crippen LogP contribution in [0.15, 0.2) is 58.1 Å². The van der Waals surface area contributed by atoms with Crippen LogP contribution in [0.3, 0.4) is 0 Å². The zero-order valence-corrected chi connectivity index (χ0v) is 20.9. The third kappa shape index (κ3) is 5.41. The lowest BCUT2D eigenvalue weighted by molar-refractivity contribution is -0.128. The monoisotopic (exact) mass is 521 g/mol. The van der Waals surface area contributed by atoms with Gasteiger partial charge in [0.05, 0.1) is 19.1 Å². The molecule has 1 saturated heterocycles. The molecule has 2 aromatic carbocycles. The van der Waals surface area contributed by atoms with E-state index in [4.69, 9.17) is 14.9 Å². The lowest BCUT2D eigenvalue weighted by atomic mass is 10.1. The van der Waals surface area contributed by atoms with Crippen molar-refractivity contribution in [3.63, 3.8) is 0 Å². The van der Waals surface area contributed by atoms with Gasteiger partial charge in [0.1, 0.15) is 17.5 Å². The Kier molecular flexibility index (Phi) is 7.04. The Labute approximate surface area is 217 Å². The second-order valence-electron chi connectivity index (χ2n) is 8.60. The number of amidine groups is 2. The number of aliphatic imine (C=N–C) groups is 1. The summed E-state index contributed by atoms with van der Waals surface area (Å²) in [6.07, 6.45) is 3.68. The standard InChI is InChI=1S/C26H24FN5O4S/c1-35-21-13-17(6-9-20(21)36-15-16-4-7-18(27)8-5-16)12-19-24(28)32-26(29-25(19)34)37-22(30-32)14-23(33)31-10-2-3-11-31/h4-9,12-13,28H,2-3,10-11,14-15H2,1H3.